The van der Waals surface area contributed by atoms with Crippen LogP contribution in [0, 0.1) is 5.92 Å². The summed E-state index contributed by atoms with van der Waals surface area (Å²) >= 11 is 5.97. The molecule has 3 heteroatoms. The summed E-state index contributed by atoms with van der Waals surface area (Å²) in [4.78, 5) is 2.69. The molecule has 0 spiro atoms. The molecular formula is C16H23ClN2. The first-order valence-corrected chi connectivity index (χ1v) is 7.86. The van der Waals surface area contributed by atoms with Crippen molar-refractivity contribution in [3.8, 4) is 0 Å². The molecule has 2 unspecified atom stereocenters. The highest BCUT2D eigenvalue weighted by molar-refractivity contribution is 6.30. The van der Waals surface area contributed by atoms with Gasteiger partial charge in [-0.05, 0) is 42.9 Å². The summed E-state index contributed by atoms with van der Waals surface area (Å²) in [6.45, 7) is 5.68. The van der Waals surface area contributed by atoms with E-state index in [2.05, 4.69) is 29.3 Å². The minimum atomic E-state index is 0.655. The van der Waals surface area contributed by atoms with Crippen LogP contribution in [0.15, 0.2) is 24.3 Å². The number of hydrogen-bond acceptors (Lipinski definition) is 2. The van der Waals surface area contributed by atoms with Gasteiger partial charge in [-0.2, -0.15) is 0 Å². The first kappa shape index (κ1) is 13.4. The van der Waals surface area contributed by atoms with Crippen LogP contribution in [0.4, 0.5) is 0 Å². The maximum atomic E-state index is 5.97. The second-order valence-electron chi connectivity index (χ2n) is 5.97. The molecule has 2 aliphatic rings. The van der Waals surface area contributed by atoms with Gasteiger partial charge in [0.05, 0.1) is 0 Å². The molecule has 2 atom stereocenters. The third kappa shape index (κ3) is 3.31. The normalized spacial score (nSPS) is 28.5. The minimum Gasteiger partial charge on any atom is -0.311 e. The molecule has 2 fully saturated rings. The van der Waals surface area contributed by atoms with Crippen molar-refractivity contribution in [2.45, 2.75) is 44.8 Å². The van der Waals surface area contributed by atoms with Crippen molar-refractivity contribution < 1.29 is 0 Å². The maximum Gasteiger partial charge on any atom is 0.0406 e. The summed E-state index contributed by atoms with van der Waals surface area (Å²) in [7, 11) is 0. The molecular weight excluding hydrogens is 256 g/mol. The Balaban J connectivity index is 1.69. The number of piperazine rings is 1. The number of rotatable bonds is 4. The quantitative estimate of drug-likeness (QED) is 0.909. The van der Waals surface area contributed by atoms with Crippen LogP contribution < -0.4 is 5.32 Å². The Hall–Kier alpha value is -0.570. The summed E-state index contributed by atoms with van der Waals surface area (Å²) in [5, 5.41) is 4.53. The van der Waals surface area contributed by atoms with Crippen LogP contribution in [0.5, 0.6) is 0 Å². The van der Waals surface area contributed by atoms with E-state index in [0.717, 1.165) is 30.1 Å². The predicted octanol–water partition coefficient (Wildman–Crippen LogP) is 3.30. The summed E-state index contributed by atoms with van der Waals surface area (Å²) in [5.74, 6) is 0.928. The lowest BCUT2D eigenvalue weighted by Crippen LogP contribution is -2.56. The zero-order valence-electron chi connectivity index (χ0n) is 11.6. The average molecular weight is 279 g/mol. The molecule has 0 radical (unpaired) electrons. The number of halogens is 1. The summed E-state index contributed by atoms with van der Waals surface area (Å²) in [6.07, 6.45) is 4.05. The van der Waals surface area contributed by atoms with Gasteiger partial charge in [-0.1, -0.05) is 30.7 Å². The highest BCUT2D eigenvalue weighted by atomic mass is 35.5. The highest BCUT2D eigenvalue weighted by Crippen LogP contribution is 2.37. The Labute approximate surface area is 121 Å². The van der Waals surface area contributed by atoms with Crippen molar-refractivity contribution in [1.82, 2.24) is 10.2 Å². The van der Waals surface area contributed by atoms with Gasteiger partial charge in [0.25, 0.3) is 0 Å². The lowest BCUT2D eigenvalue weighted by atomic mass is 10.0. The van der Waals surface area contributed by atoms with Crippen LogP contribution in [0.2, 0.25) is 5.02 Å². The number of benzene rings is 1. The van der Waals surface area contributed by atoms with Gasteiger partial charge in [0, 0.05) is 36.7 Å². The number of hydrogen-bond donors (Lipinski definition) is 1. The lowest BCUT2D eigenvalue weighted by molar-refractivity contribution is 0.106. The van der Waals surface area contributed by atoms with Crippen LogP contribution in [0.3, 0.4) is 0 Å². The van der Waals surface area contributed by atoms with E-state index in [1.807, 2.05) is 12.1 Å². The van der Waals surface area contributed by atoms with Gasteiger partial charge in [-0.25, -0.2) is 0 Å². The Bertz CT molecular complexity index is 413. The molecule has 1 aliphatic carbocycles. The maximum absolute atomic E-state index is 5.97. The Kier molecular flexibility index (Phi) is 4.11. The minimum absolute atomic E-state index is 0.655. The van der Waals surface area contributed by atoms with Crippen LogP contribution in [0.1, 0.15) is 31.7 Å². The van der Waals surface area contributed by atoms with Crippen LogP contribution in [0.25, 0.3) is 0 Å². The monoisotopic (exact) mass is 278 g/mol. The molecule has 1 aromatic carbocycles. The van der Waals surface area contributed by atoms with E-state index < -0.39 is 0 Å². The van der Waals surface area contributed by atoms with Crippen molar-refractivity contribution in [2.75, 3.05) is 13.1 Å². The fraction of sp³-hybridized carbons (Fsp3) is 0.625. The lowest BCUT2D eigenvalue weighted by Gasteiger charge is -2.40. The van der Waals surface area contributed by atoms with E-state index in [9.17, 15) is 0 Å². The van der Waals surface area contributed by atoms with Crippen LogP contribution >= 0.6 is 11.6 Å². The molecule has 1 saturated carbocycles. The molecule has 2 nitrogen and oxygen atoms in total. The van der Waals surface area contributed by atoms with Crippen molar-refractivity contribution >= 4 is 11.6 Å². The number of nitrogens with one attached hydrogen (secondary N) is 1. The molecule has 104 valence electrons. The van der Waals surface area contributed by atoms with E-state index in [-0.39, 0.29) is 0 Å². The van der Waals surface area contributed by atoms with Crippen molar-refractivity contribution in [2.24, 2.45) is 5.92 Å². The van der Waals surface area contributed by atoms with E-state index >= 15 is 0 Å². The highest BCUT2D eigenvalue weighted by Gasteiger charge is 2.38. The molecule has 19 heavy (non-hydrogen) atoms. The first-order chi connectivity index (χ1) is 9.26. The van der Waals surface area contributed by atoms with E-state index in [0.29, 0.717) is 6.04 Å². The molecule has 1 aromatic rings. The molecule has 0 bridgehead atoms. The number of nitrogens with zero attached hydrogens (tertiary/aromatic N) is 1. The Morgan fingerprint density at radius 2 is 2.00 bits per heavy atom. The topological polar surface area (TPSA) is 15.3 Å². The van der Waals surface area contributed by atoms with Gasteiger partial charge in [-0.3, -0.25) is 4.90 Å². The van der Waals surface area contributed by atoms with E-state index in [4.69, 9.17) is 11.6 Å². The third-order valence-corrected chi connectivity index (χ3v) is 4.75. The molecule has 1 saturated heterocycles. The fourth-order valence-electron chi connectivity index (χ4n) is 3.12. The largest absolute Gasteiger partial charge is 0.311 e. The molecule has 1 aliphatic heterocycles. The average Bonchev–Trinajstić information content (AvgIpc) is 3.26. The predicted molar refractivity (Wildman–Crippen MR) is 80.5 cm³/mol. The molecule has 0 amide bonds. The van der Waals surface area contributed by atoms with Gasteiger partial charge >= 0.3 is 0 Å². The second-order valence-corrected chi connectivity index (χ2v) is 6.41. The zero-order valence-corrected chi connectivity index (χ0v) is 12.4. The van der Waals surface area contributed by atoms with Gasteiger partial charge in [0.15, 0.2) is 0 Å². The Morgan fingerprint density at radius 1 is 1.26 bits per heavy atom. The first-order valence-electron chi connectivity index (χ1n) is 7.48. The van der Waals surface area contributed by atoms with E-state index in [1.54, 1.807) is 0 Å². The standard InChI is InChI=1S/C16H23ClN2/c1-2-15-11-19(16(9-18-15)13-5-6-13)10-12-3-7-14(17)8-4-12/h3-4,7-8,13,15-16,18H,2,5-6,9-11H2,1H3. The van der Waals surface area contributed by atoms with Gasteiger partial charge < -0.3 is 5.32 Å². The molecule has 3 rings (SSSR count). The summed E-state index contributed by atoms with van der Waals surface area (Å²) < 4.78 is 0. The molecule has 1 heterocycles. The van der Waals surface area contributed by atoms with Gasteiger partial charge in [0.1, 0.15) is 0 Å². The smallest absolute Gasteiger partial charge is 0.0406 e. The third-order valence-electron chi connectivity index (χ3n) is 4.50. The zero-order chi connectivity index (χ0) is 13.2. The molecule has 0 aromatic heterocycles. The molecule has 1 N–H and O–H groups in total. The SMILES string of the molecule is CCC1CN(Cc2ccc(Cl)cc2)C(C2CC2)CN1. The summed E-state index contributed by atoms with van der Waals surface area (Å²) in [6, 6.07) is 9.72. The van der Waals surface area contributed by atoms with Crippen molar-refractivity contribution in [3.63, 3.8) is 0 Å². The Morgan fingerprint density at radius 3 is 2.63 bits per heavy atom. The van der Waals surface area contributed by atoms with Gasteiger partial charge in [0.2, 0.25) is 0 Å². The van der Waals surface area contributed by atoms with Crippen LogP contribution in [-0.2, 0) is 6.54 Å². The van der Waals surface area contributed by atoms with Crippen molar-refractivity contribution in [3.05, 3.63) is 34.9 Å². The van der Waals surface area contributed by atoms with E-state index in [1.165, 1.54) is 31.4 Å². The summed E-state index contributed by atoms with van der Waals surface area (Å²) in [5.41, 5.74) is 1.38. The van der Waals surface area contributed by atoms with Gasteiger partial charge in [-0.15, -0.1) is 0 Å². The van der Waals surface area contributed by atoms with Crippen LogP contribution in [-0.4, -0.2) is 30.1 Å². The second kappa shape index (κ2) is 5.82. The fourth-order valence-corrected chi connectivity index (χ4v) is 3.25. The van der Waals surface area contributed by atoms with Crippen molar-refractivity contribution in [1.29, 1.82) is 0 Å².